The first-order valence-corrected chi connectivity index (χ1v) is 4.07. The average molecular weight is 152 g/mol. The molecule has 0 aromatic heterocycles. The highest BCUT2D eigenvalue weighted by Crippen LogP contribution is 2.26. The molecule has 1 unspecified atom stereocenters. The van der Waals surface area contributed by atoms with Gasteiger partial charge in [0.05, 0.1) is 5.57 Å². The second-order valence-corrected chi connectivity index (χ2v) is 2.94. The van der Waals surface area contributed by atoms with Gasteiger partial charge in [0.15, 0.2) is 5.78 Å². The Kier molecular flexibility index (Phi) is 2.61. The minimum Gasteiger partial charge on any atom is -0.294 e. The van der Waals surface area contributed by atoms with Crippen LogP contribution in [0.15, 0.2) is 5.57 Å². The third kappa shape index (κ3) is 1.58. The number of Topliss-reactive ketones (excluding diaryl/α,β-unsaturated/α-hetero) is 1. The predicted molar refractivity (Wildman–Crippen MR) is 41.8 cm³/mol. The van der Waals surface area contributed by atoms with Crippen molar-refractivity contribution < 1.29 is 9.59 Å². The normalized spacial score (nSPS) is 25.0. The van der Waals surface area contributed by atoms with E-state index in [0.717, 1.165) is 19.3 Å². The van der Waals surface area contributed by atoms with Crippen LogP contribution in [0.2, 0.25) is 0 Å². The Morgan fingerprint density at radius 2 is 2.36 bits per heavy atom. The van der Waals surface area contributed by atoms with Crippen LogP contribution in [-0.2, 0) is 9.59 Å². The topological polar surface area (TPSA) is 34.1 Å². The third-order valence-electron chi connectivity index (χ3n) is 2.27. The summed E-state index contributed by atoms with van der Waals surface area (Å²) in [5, 5.41) is 0. The molecule has 2 heteroatoms. The van der Waals surface area contributed by atoms with E-state index in [1.807, 2.05) is 6.92 Å². The van der Waals surface area contributed by atoms with Crippen LogP contribution >= 0.6 is 0 Å². The zero-order valence-electron chi connectivity index (χ0n) is 6.72. The molecule has 1 aliphatic carbocycles. The van der Waals surface area contributed by atoms with Gasteiger partial charge in [0.1, 0.15) is 5.94 Å². The molecule has 0 bridgehead atoms. The number of carbonyl (C=O) groups excluding carboxylic acids is 2. The van der Waals surface area contributed by atoms with E-state index in [0.29, 0.717) is 12.0 Å². The first-order chi connectivity index (χ1) is 5.29. The van der Waals surface area contributed by atoms with Gasteiger partial charge in [-0.25, -0.2) is 4.79 Å². The van der Waals surface area contributed by atoms with Crippen molar-refractivity contribution in [2.45, 2.75) is 32.6 Å². The molecule has 60 valence electrons. The SMILES string of the molecule is CCC1CCCC(=O)C1=C=O. The van der Waals surface area contributed by atoms with Gasteiger partial charge in [0.25, 0.3) is 0 Å². The van der Waals surface area contributed by atoms with Crippen molar-refractivity contribution in [3.63, 3.8) is 0 Å². The molecule has 1 aliphatic rings. The highest BCUT2D eigenvalue weighted by molar-refractivity contribution is 6.03. The monoisotopic (exact) mass is 152 g/mol. The highest BCUT2D eigenvalue weighted by atomic mass is 16.1. The van der Waals surface area contributed by atoms with Crippen LogP contribution in [0.5, 0.6) is 0 Å². The maximum Gasteiger partial charge on any atom is 0.170 e. The molecule has 0 amide bonds. The van der Waals surface area contributed by atoms with E-state index in [4.69, 9.17) is 0 Å². The van der Waals surface area contributed by atoms with Gasteiger partial charge in [-0.05, 0) is 25.2 Å². The lowest BCUT2D eigenvalue weighted by molar-refractivity contribution is -0.117. The number of rotatable bonds is 1. The van der Waals surface area contributed by atoms with Gasteiger partial charge >= 0.3 is 0 Å². The Hall–Kier alpha value is -0.880. The summed E-state index contributed by atoms with van der Waals surface area (Å²) in [5.41, 5.74) is 0.402. The van der Waals surface area contributed by atoms with Crippen LogP contribution in [0, 0.1) is 5.92 Å². The predicted octanol–water partition coefficient (Wildman–Crippen LogP) is 1.52. The summed E-state index contributed by atoms with van der Waals surface area (Å²) >= 11 is 0. The Bertz CT molecular complexity index is 212. The van der Waals surface area contributed by atoms with Crippen molar-refractivity contribution in [2.75, 3.05) is 0 Å². The van der Waals surface area contributed by atoms with Gasteiger partial charge in [-0.3, -0.25) is 4.79 Å². The van der Waals surface area contributed by atoms with E-state index in [1.54, 1.807) is 5.94 Å². The zero-order valence-corrected chi connectivity index (χ0v) is 6.72. The Balaban J connectivity index is 2.80. The number of hydrogen-bond donors (Lipinski definition) is 0. The summed E-state index contributed by atoms with van der Waals surface area (Å²) in [6.45, 7) is 2.00. The molecule has 0 radical (unpaired) electrons. The average Bonchev–Trinajstić information content (AvgIpc) is 2.04. The molecule has 1 rings (SSSR count). The van der Waals surface area contributed by atoms with Crippen LogP contribution < -0.4 is 0 Å². The van der Waals surface area contributed by atoms with E-state index in [1.165, 1.54) is 0 Å². The van der Waals surface area contributed by atoms with Gasteiger partial charge in [0, 0.05) is 6.42 Å². The summed E-state index contributed by atoms with van der Waals surface area (Å²) in [5.74, 6) is 1.97. The summed E-state index contributed by atoms with van der Waals surface area (Å²) in [6, 6.07) is 0. The second-order valence-electron chi connectivity index (χ2n) is 2.94. The van der Waals surface area contributed by atoms with Crippen molar-refractivity contribution in [3.8, 4) is 0 Å². The fraction of sp³-hybridized carbons (Fsp3) is 0.667. The first kappa shape index (κ1) is 8.22. The van der Waals surface area contributed by atoms with Crippen molar-refractivity contribution in [1.29, 1.82) is 0 Å². The summed E-state index contributed by atoms with van der Waals surface area (Å²) in [4.78, 5) is 21.5. The molecule has 1 fully saturated rings. The summed E-state index contributed by atoms with van der Waals surface area (Å²) < 4.78 is 0. The molecule has 0 heterocycles. The minimum atomic E-state index is 0.0121. The van der Waals surface area contributed by atoms with Crippen LogP contribution in [0.4, 0.5) is 0 Å². The number of carbonyl (C=O) groups is 1. The maximum absolute atomic E-state index is 11.1. The molecular formula is C9H12O2. The molecule has 1 saturated carbocycles. The van der Waals surface area contributed by atoms with Crippen molar-refractivity contribution in [3.05, 3.63) is 5.57 Å². The fourth-order valence-corrected chi connectivity index (χ4v) is 1.56. The van der Waals surface area contributed by atoms with E-state index in [9.17, 15) is 9.59 Å². The maximum atomic E-state index is 11.1. The Morgan fingerprint density at radius 3 is 2.82 bits per heavy atom. The van der Waals surface area contributed by atoms with Crippen LogP contribution in [0.25, 0.3) is 0 Å². The van der Waals surface area contributed by atoms with Gasteiger partial charge in [-0.1, -0.05) is 6.92 Å². The van der Waals surface area contributed by atoms with Gasteiger partial charge < -0.3 is 0 Å². The smallest absolute Gasteiger partial charge is 0.170 e. The molecule has 0 spiro atoms. The van der Waals surface area contributed by atoms with E-state index in [2.05, 4.69) is 0 Å². The van der Waals surface area contributed by atoms with Gasteiger partial charge in [-0.15, -0.1) is 0 Å². The van der Waals surface area contributed by atoms with Crippen LogP contribution in [-0.4, -0.2) is 11.7 Å². The third-order valence-corrected chi connectivity index (χ3v) is 2.27. The van der Waals surface area contributed by atoms with Crippen molar-refractivity contribution in [2.24, 2.45) is 5.92 Å². The molecule has 0 saturated heterocycles. The number of allylic oxidation sites excluding steroid dienone is 1. The molecule has 0 N–H and O–H groups in total. The number of hydrogen-bond acceptors (Lipinski definition) is 2. The Morgan fingerprint density at radius 1 is 1.64 bits per heavy atom. The summed E-state index contributed by atoms with van der Waals surface area (Å²) in [6.07, 6.45) is 3.34. The lowest BCUT2D eigenvalue weighted by atomic mass is 9.83. The summed E-state index contributed by atoms with van der Waals surface area (Å²) in [7, 11) is 0. The van der Waals surface area contributed by atoms with Crippen molar-refractivity contribution in [1.82, 2.24) is 0 Å². The molecule has 2 nitrogen and oxygen atoms in total. The minimum absolute atomic E-state index is 0.0121. The molecule has 0 aromatic carbocycles. The molecule has 0 aromatic rings. The van der Waals surface area contributed by atoms with Gasteiger partial charge in [-0.2, -0.15) is 0 Å². The quantitative estimate of drug-likeness (QED) is 0.421. The molecular weight excluding hydrogens is 140 g/mol. The fourth-order valence-electron chi connectivity index (χ4n) is 1.56. The lowest BCUT2D eigenvalue weighted by Crippen LogP contribution is -2.18. The highest BCUT2D eigenvalue weighted by Gasteiger charge is 2.24. The molecule has 1 atom stereocenters. The molecule has 11 heavy (non-hydrogen) atoms. The van der Waals surface area contributed by atoms with Gasteiger partial charge in [0.2, 0.25) is 0 Å². The largest absolute Gasteiger partial charge is 0.294 e. The van der Waals surface area contributed by atoms with E-state index in [-0.39, 0.29) is 11.7 Å². The Labute approximate surface area is 66.3 Å². The molecule has 0 aliphatic heterocycles. The second kappa shape index (κ2) is 3.49. The van der Waals surface area contributed by atoms with E-state index < -0.39 is 0 Å². The van der Waals surface area contributed by atoms with Crippen molar-refractivity contribution >= 4 is 11.7 Å². The standard InChI is InChI=1S/C9H12O2/c1-2-7-4-3-5-9(11)8(7)6-10/h7H,2-5H2,1H3. The van der Waals surface area contributed by atoms with E-state index >= 15 is 0 Å². The first-order valence-electron chi connectivity index (χ1n) is 4.07. The number of ketones is 1. The van der Waals surface area contributed by atoms with Crippen LogP contribution in [0.1, 0.15) is 32.6 Å². The lowest BCUT2D eigenvalue weighted by Gasteiger charge is -2.19. The van der Waals surface area contributed by atoms with Crippen LogP contribution in [0.3, 0.4) is 0 Å². The zero-order chi connectivity index (χ0) is 8.27.